The van der Waals surface area contributed by atoms with Gasteiger partial charge < -0.3 is 10.6 Å². The average Bonchev–Trinajstić information content (AvgIpc) is 3.11. The van der Waals surface area contributed by atoms with Crippen molar-refractivity contribution in [2.45, 2.75) is 25.3 Å². The highest BCUT2D eigenvalue weighted by atomic mass is 35.5. The van der Waals surface area contributed by atoms with Crippen LogP contribution in [0, 0.1) is 0 Å². The molecule has 1 fully saturated rings. The van der Waals surface area contributed by atoms with Crippen LogP contribution < -0.4 is 10.6 Å². The second-order valence-corrected chi connectivity index (χ2v) is 5.37. The standard InChI is InChI=1S/C13H16Cl2N2O/c14-10-6-9(7-11(15)8-10)13(18)17-5-1-4-16-12-2-3-12/h6-8,12,16H,1-5H2,(H,17,18). The molecule has 5 heteroatoms. The summed E-state index contributed by atoms with van der Waals surface area (Å²) in [6.07, 6.45) is 3.50. The minimum atomic E-state index is -0.133. The summed E-state index contributed by atoms with van der Waals surface area (Å²) in [7, 11) is 0. The number of hydrogen-bond donors (Lipinski definition) is 2. The second-order valence-electron chi connectivity index (χ2n) is 4.50. The lowest BCUT2D eigenvalue weighted by Crippen LogP contribution is -2.27. The summed E-state index contributed by atoms with van der Waals surface area (Å²) in [4.78, 5) is 11.8. The van der Waals surface area contributed by atoms with Crippen molar-refractivity contribution in [3.05, 3.63) is 33.8 Å². The average molecular weight is 287 g/mol. The van der Waals surface area contributed by atoms with E-state index in [1.54, 1.807) is 18.2 Å². The lowest BCUT2D eigenvalue weighted by atomic mass is 10.2. The Hall–Kier alpha value is -0.770. The Balaban J connectivity index is 1.72. The van der Waals surface area contributed by atoms with Gasteiger partial charge in [-0.1, -0.05) is 23.2 Å². The molecule has 0 aliphatic heterocycles. The third kappa shape index (κ3) is 4.48. The van der Waals surface area contributed by atoms with Crippen molar-refractivity contribution in [3.63, 3.8) is 0 Å². The molecule has 0 aromatic heterocycles. The zero-order valence-corrected chi connectivity index (χ0v) is 11.5. The van der Waals surface area contributed by atoms with Crippen LogP contribution in [0.3, 0.4) is 0 Å². The molecule has 18 heavy (non-hydrogen) atoms. The zero-order chi connectivity index (χ0) is 13.0. The van der Waals surface area contributed by atoms with Crippen LogP contribution in [0.5, 0.6) is 0 Å². The Morgan fingerprint density at radius 1 is 1.17 bits per heavy atom. The number of nitrogens with one attached hydrogen (secondary N) is 2. The monoisotopic (exact) mass is 286 g/mol. The van der Waals surface area contributed by atoms with Crippen LogP contribution in [0.1, 0.15) is 29.6 Å². The maximum Gasteiger partial charge on any atom is 0.251 e. The maximum absolute atomic E-state index is 11.8. The van der Waals surface area contributed by atoms with Gasteiger partial charge in [0.1, 0.15) is 0 Å². The van der Waals surface area contributed by atoms with Crippen LogP contribution in [0.15, 0.2) is 18.2 Å². The Morgan fingerprint density at radius 3 is 2.44 bits per heavy atom. The normalized spacial score (nSPS) is 14.6. The van der Waals surface area contributed by atoms with E-state index in [9.17, 15) is 4.79 Å². The molecule has 0 bridgehead atoms. The molecule has 1 saturated carbocycles. The number of halogens is 2. The minimum Gasteiger partial charge on any atom is -0.352 e. The van der Waals surface area contributed by atoms with Gasteiger partial charge in [0.25, 0.3) is 5.91 Å². The topological polar surface area (TPSA) is 41.1 Å². The number of carbonyl (C=O) groups excluding carboxylic acids is 1. The molecule has 1 amide bonds. The van der Waals surface area contributed by atoms with E-state index in [0.29, 0.717) is 28.2 Å². The summed E-state index contributed by atoms with van der Waals surface area (Å²) in [5.74, 6) is -0.133. The number of benzene rings is 1. The fourth-order valence-corrected chi connectivity index (χ4v) is 2.20. The van der Waals surface area contributed by atoms with Gasteiger partial charge in [0.05, 0.1) is 0 Å². The summed E-state index contributed by atoms with van der Waals surface area (Å²) in [5.41, 5.74) is 0.502. The lowest BCUT2D eigenvalue weighted by Gasteiger charge is -2.06. The first-order valence-corrected chi connectivity index (χ1v) is 6.88. The van der Waals surface area contributed by atoms with E-state index in [1.807, 2.05) is 0 Å². The van der Waals surface area contributed by atoms with Crippen LogP contribution in [-0.2, 0) is 0 Å². The number of rotatable bonds is 6. The molecule has 1 aliphatic carbocycles. The van der Waals surface area contributed by atoms with Crippen LogP contribution in [-0.4, -0.2) is 25.0 Å². The largest absolute Gasteiger partial charge is 0.352 e. The summed E-state index contributed by atoms with van der Waals surface area (Å²) in [5, 5.41) is 7.20. The molecular formula is C13H16Cl2N2O. The molecule has 0 unspecified atom stereocenters. The molecule has 0 radical (unpaired) electrons. The lowest BCUT2D eigenvalue weighted by molar-refractivity contribution is 0.0953. The van der Waals surface area contributed by atoms with Gasteiger partial charge in [0, 0.05) is 28.2 Å². The molecule has 3 nitrogen and oxygen atoms in total. The van der Waals surface area contributed by atoms with E-state index in [0.717, 1.165) is 13.0 Å². The van der Waals surface area contributed by atoms with E-state index in [1.165, 1.54) is 12.8 Å². The molecule has 0 spiro atoms. The quantitative estimate of drug-likeness (QED) is 0.790. The molecule has 2 N–H and O–H groups in total. The molecular weight excluding hydrogens is 271 g/mol. The minimum absolute atomic E-state index is 0.133. The third-order valence-corrected chi connectivity index (χ3v) is 3.21. The van der Waals surface area contributed by atoms with Crippen molar-refractivity contribution in [1.29, 1.82) is 0 Å². The van der Waals surface area contributed by atoms with E-state index in [4.69, 9.17) is 23.2 Å². The summed E-state index contributed by atoms with van der Waals surface area (Å²) >= 11 is 11.7. The summed E-state index contributed by atoms with van der Waals surface area (Å²) < 4.78 is 0. The van der Waals surface area contributed by atoms with Crippen molar-refractivity contribution < 1.29 is 4.79 Å². The van der Waals surface area contributed by atoms with Crippen LogP contribution in [0.2, 0.25) is 10.0 Å². The van der Waals surface area contributed by atoms with Gasteiger partial charge in [0.15, 0.2) is 0 Å². The van der Waals surface area contributed by atoms with Crippen molar-refractivity contribution in [2.24, 2.45) is 0 Å². The Bertz CT molecular complexity index is 413. The predicted molar refractivity (Wildman–Crippen MR) is 74.4 cm³/mol. The first-order valence-electron chi connectivity index (χ1n) is 6.13. The molecule has 0 heterocycles. The zero-order valence-electron chi connectivity index (χ0n) is 10.0. The van der Waals surface area contributed by atoms with Gasteiger partial charge in [-0.3, -0.25) is 4.79 Å². The highest BCUT2D eigenvalue weighted by Gasteiger charge is 2.19. The van der Waals surface area contributed by atoms with Crippen molar-refractivity contribution >= 4 is 29.1 Å². The first-order chi connectivity index (χ1) is 8.65. The van der Waals surface area contributed by atoms with E-state index >= 15 is 0 Å². The fraction of sp³-hybridized carbons (Fsp3) is 0.462. The van der Waals surface area contributed by atoms with Gasteiger partial charge in [-0.2, -0.15) is 0 Å². The SMILES string of the molecule is O=C(NCCCNC1CC1)c1cc(Cl)cc(Cl)c1. The Morgan fingerprint density at radius 2 is 1.83 bits per heavy atom. The highest BCUT2D eigenvalue weighted by molar-refractivity contribution is 6.35. The van der Waals surface area contributed by atoms with Crippen LogP contribution in [0.4, 0.5) is 0 Å². The second kappa shape index (κ2) is 6.41. The molecule has 1 aromatic rings. The molecule has 0 atom stereocenters. The molecule has 1 aliphatic rings. The van der Waals surface area contributed by atoms with Gasteiger partial charge in [-0.05, 0) is 44.0 Å². The van der Waals surface area contributed by atoms with E-state index < -0.39 is 0 Å². The summed E-state index contributed by atoms with van der Waals surface area (Å²) in [6.45, 7) is 1.60. The number of hydrogen-bond acceptors (Lipinski definition) is 2. The Labute approximate surface area is 117 Å². The maximum atomic E-state index is 11.8. The van der Waals surface area contributed by atoms with Crippen LogP contribution in [0.25, 0.3) is 0 Å². The molecule has 98 valence electrons. The van der Waals surface area contributed by atoms with Crippen molar-refractivity contribution in [1.82, 2.24) is 10.6 Å². The highest BCUT2D eigenvalue weighted by Crippen LogP contribution is 2.19. The fourth-order valence-electron chi connectivity index (χ4n) is 1.67. The van der Waals surface area contributed by atoms with Gasteiger partial charge in [0.2, 0.25) is 0 Å². The van der Waals surface area contributed by atoms with E-state index in [2.05, 4.69) is 10.6 Å². The number of carbonyl (C=O) groups is 1. The smallest absolute Gasteiger partial charge is 0.251 e. The van der Waals surface area contributed by atoms with Crippen molar-refractivity contribution in [2.75, 3.05) is 13.1 Å². The van der Waals surface area contributed by atoms with Gasteiger partial charge in [-0.25, -0.2) is 0 Å². The van der Waals surface area contributed by atoms with Gasteiger partial charge in [-0.15, -0.1) is 0 Å². The van der Waals surface area contributed by atoms with Gasteiger partial charge >= 0.3 is 0 Å². The third-order valence-electron chi connectivity index (χ3n) is 2.77. The molecule has 2 rings (SSSR count). The number of amides is 1. The van der Waals surface area contributed by atoms with Crippen LogP contribution >= 0.6 is 23.2 Å². The summed E-state index contributed by atoms with van der Waals surface area (Å²) in [6, 6.07) is 5.56. The Kier molecular flexibility index (Phi) is 4.87. The van der Waals surface area contributed by atoms with Crippen molar-refractivity contribution in [3.8, 4) is 0 Å². The van der Waals surface area contributed by atoms with E-state index in [-0.39, 0.29) is 5.91 Å². The predicted octanol–water partition coefficient (Wildman–Crippen LogP) is 2.87. The molecule has 1 aromatic carbocycles. The first kappa shape index (κ1) is 13.7. The molecule has 0 saturated heterocycles.